The predicted octanol–water partition coefficient (Wildman–Crippen LogP) is 2.04. The van der Waals surface area contributed by atoms with Gasteiger partial charge in [-0.3, -0.25) is 9.59 Å². The Kier molecular flexibility index (Phi) is 4.76. The van der Waals surface area contributed by atoms with Gasteiger partial charge in [-0.15, -0.1) is 11.3 Å². The third-order valence-corrected chi connectivity index (χ3v) is 3.37. The van der Waals surface area contributed by atoms with Gasteiger partial charge >= 0.3 is 5.97 Å². The molecule has 6 heteroatoms. The van der Waals surface area contributed by atoms with E-state index in [1.807, 2.05) is 0 Å². The van der Waals surface area contributed by atoms with E-state index in [0.29, 0.717) is 16.4 Å². The van der Waals surface area contributed by atoms with Crippen LogP contribution in [0.4, 0.5) is 0 Å². The fraction of sp³-hybridized carbons (Fsp3) is 0.400. The number of ether oxygens (including phenoxy) is 1. The van der Waals surface area contributed by atoms with Crippen LogP contribution in [0.25, 0.3) is 0 Å². The Hall–Kier alpha value is -1.07. The van der Waals surface area contributed by atoms with Crippen molar-refractivity contribution < 1.29 is 14.3 Å². The Balaban J connectivity index is 2.55. The van der Waals surface area contributed by atoms with Crippen molar-refractivity contribution in [2.75, 3.05) is 20.7 Å². The number of carbonyl (C=O) groups is 2. The first-order valence-corrected chi connectivity index (χ1v) is 5.87. The molecule has 0 unspecified atom stereocenters. The molecular weight excluding hydrogens is 250 g/mol. The first-order chi connectivity index (χ1) is 7.56. The second kappa shape index (κ2) is 5.86. The Morgan fingerprint density at radius 1 is 1.56 bits per heavy atom. The summed E-state index contributed by atoms with van der Waals surface area (Å²) in [5.41, 5.74) is 0. The highest BCUT2D eigenvalue weighted by Gasteiger charge is 2.17. The Morgan fingerprint density at radius 2 is 2.25 bits per heavy atom. The number of hydrogen-bond acceptors (Lipinski definition) is 4. The van der Waals surface area contributed by atoms with Gasteiger partial charge in [0, 0.05) is 13.6 Å². The van der Waals surface area contributed by atoms with Gasteiger partial charge < -0.3 is 9.64 Å². The number of nitrogens with zero attached hydrogens (tertiary/aromatic N) is 1. The van der Waals surface area contributed by atoms with Gasteiger partial charge in [0.15, 0.2) is 0 Å². The largest absolute Gasteiger partial charge is 0.469 e. The third-order valence-electron chi connectivity index (χ3n) is 2.04. The van der Waals surface area contributed by atoms with Crippen LogP contribution >= 0.6 is 22.9 Å². The number of carbonyl (C=O) groups excluding carboxylic acids is 2. The van der Waals surface area contributed by atoms with Crippen LogP contribution in [0.1, 0.15) is 16.1 Å². The summed E-state index contributed by atoms with van der Waals surface area (Å²) >= 11 is 7.13. The maximum atomic E-state index is 11.8. The van der Waals surface area contributed by atoms with E-state index < -0.39 is 0 Å². The monoisotopic (exact) mass is 261 g/mol. The number of amides is 1. The highest BCUT2D eigenvalue weighted by Crippen LogP contribution is 2.23. The molecule has 0 saturated heterocycles. The van der Waals surface area contributed by atoms with Crippen LogP contribution in [0.2, 0.25) is 5.02 Å². The van der Waals surface area contributed by atoms with Crippen molar-refractivity contribution in [3.63, 3.8) is 0 Å². The van der Waals surface area contributed by atoms with Crippen LogP contribution < -0.4 is 0 Å². The Morgan fingerprint density at radius 3 is 2.75 bits per heavy atom. The minimum atomic E-state index is -0.336. The van der Waals surface area contributed by atoms with Crippen LogP contribution in [0.15, 0.2) is 11.4 Å². The number of halogens is 1. The van der Waals surface area contributed by atoms with Gasteiger partial charge in [-0.25, -0.2) is 0 Å². The van der Waals surface area contributed by atoms with Crippen LogP contribution in [0.3, 0.4) is 0 Å². The van der Waals surface area contributed by atoms with Crippen molar-refractivity contribution in [3.8, 4) is 0 Å². The summed E-state index contributed by atoms with van der Waals surface area (Å²) < 4.78 is 4.49. The first kappa shape index (κ1) is 13.0. The molecule has 0 spiro atoms. The van der Waals surface area contributed by atoms with E-state index in [1.165, 1.54) is 23.3 Å². The highest BCUT2D eigenvalue weighted by atomic mass is 35.5. The van der Waals surface area contributed by atoms with Gasteiger partial charge in [-0.2, -0.15) is 0 Å². The highest BCUT2D eigenvalue weighted by molar-refractivity contribution is 7.12. The maximum absolute atomic E-state index is 11.8. The SMILES string of the molecule is COC(=O)CCN(C)C(=O)c1sccc1Cl. The van der Waals surface area contributed by atoms with Crippen LogP contribution in [0.5, 0.6) is 0 Å². The molecule has 0 fully saturated rings. The molecule has 1 heterocycles. The van der Waals surface area contributed by atoms with Gasteiger partial charge in [-0.05, 0) is 11.4 Å². The summed E-state index contributed by atoms with van der Waals surface area (Å²) in [7, 11) is 2.95. The lowest BCUT2D eigenvalue weighted by Gasteiger charge is -2.15. The third kappa shape index (κ3) is 3.21. The van der Waals surface area contributed by atoms with Crippen molar-refractivity contribution in [2.24, 2.45) is 0 Å². The number of esters is 1. The lowest BCUT2D eigenvalue weighted by molar-refractivity contribution is -0.140. The zero-order valence-electron chi connectivity index (χ0n) is 9.03. The van der Waals surface area contributed by atoms with E-state index in [2.05, 4.69) is 4.74 Å². The molecule has 0 aliphatic rings. The number of thiophene rings is 1. The van der Waals surface area contributed by atoms with E-state index in [4.69, 9.17) is 11.6 Å². The van der Waals surface area contributed by atoms with Crippen molar-refractivity contribution in [3.05, 3.63) is 21.3 Å². The number of rotatable bonds is 4. The van der Waals surface area contributed by atoms with Gasteiger partial charge in [0.25, 0.3) is 5.91 Å². The normalized spacial score (nSPS) is 9.94. The molecule has 0 N–H and O–H groups in total. The Labute approximate surface area is 103 Å². The fourth-order valence-corrected chi connectivity index (χ4v) is 2.21. The van der Waals surface area contributed by atoms with Crippen LogP contribution in [0, 0.1) is 0 Å². The lowest BCUT2D eigenvalue weighted by atomic mass is 10.3. The molecule has 0 atom stereocenters. The van der Waals surface area contributed by atoms with E-state index in [1.54, 1.807) is 18.5 Å². The fourth-order valence-electron chi connectivity index (χ4n) is 1.08. The van der Waals surface area contributed by atoms with Crippen molar-refractivity contribution >= 4 is 34.8 Å². The second-order valence-corrected chi connectivity index (χ2v) is 4.47. The zero-order valence-corrected chi connectivity index (χ0v) is 10.6. The molecule has 4 nitrogen and oxygen atoms in total. The predicted molar refractivity (Wildman–Crippen MR) is 62.9 cm³/mol. The molecule has 0 bridgehead atoms. The molecule has 16 heavy (non-hydrogen) atoms. The van der Waals surface area contributed by atoms with Crippen molar-refractivity contribution in [2.45, 2.75) is 6.42 Å². The smallest absolute Gasteiger partial charge is 0.307 e. The first-order valence-electron chi connectivity index (χ1n) is 4.61. The average Bonchev–Trinajstić information content (AvgIpc) is 2.70. The molecule has 0 radical (unpaired) electrons. The van der Waals surface area contributed by atoms with Gasteiger partial charge in [0.2, 0.25) is 0 Å². The molecule has 1 amide bonds. The minimum Gasteiger partial charge on any atom is -0.469 e. The van der Waals surface area contributed by atoms with E-state index in [9.17, 15) is 9.59 Å². The van der Waals surface area contributed by atoms with Crippen molar-refractivity contribution in [1.82, 2.24) is 4.90 Å². The van der Waals surface area contributed by atoms with E-state index in [0.717, 1.165) is 0 Å². The van der Waals surface area contributed by atoms with Crippen LogP contribution in [-0.4, -0.2) is 37.5 Å². The zero-order chi connectivity index (χ0) is 12.1. The molecular formula is C10H12ClNO3S. The summed E-state index contributed by atoms with van der Waals surface area (Å²) in [6.45, 7) is 0.319. The summed E-state index contributed by atoms with van der Waals surface area (Å²) in [6.07, 6.45) is 0.182. The molecule has 1 aromatic heterocycles. The summed E-state index contributed by atoms with van der Waals surface area (Å²) in [4.78, 5) is 24.7. The number of hydrogen-bond donors (Lipinski definition) is 0. The minimum absolute atomic E-state index is 0.177. The molecule has 0 aromatic carbocycles. The van der Waals surface area contributed by atoms with Gasteiger partial charge in [-0.1, -0.05) is 11.6 Å². The number of methoxy groups -OCH3 is 1. The maximum Gasteiger partial charge on any atom is 0.307 e. The molecule has 88 valence electrons. The quantitative estimate of drug-likeness (QED) is 0.780. The van der Waals surface area contributed by atoms with Gasteiger partial charge in [0.1, 0.15) is 4.88 Å². The second-order valence-electron chi connectivity index (χ2n) is 3.15. The Bertz CT molecular complexity index is 391. The topological polar surface area (TPSA) is 46.6 Å². The molecule has 1 aromatic rings. The molecule has 0 aliphatic carbocycles. The van der Waals surface area contributed by atoms with Gasteiger partial charge in [0.05, 0.1) is 18.6 Å². The van der Waals surface area contributed by atoms with Crippen LogP contribution in [-0.2, 0) is 9.53 Å². The standard InChI is InChI=1S/C10H12ClNO3S/c1-12(5-3-8(13)15-2)10(14)9-7(11)4-6-16-9/h4,6H,3,5H2,1-2H3. The van der Waals surface area contributed by atoms with E-state index in [-0.39, 0.29) is 18.3 Å². The molecule has 0 saturated carbocycles. The molecule has 0 aliphatic heterocycles. The van der Waals surface area contributed by atoms with E-state index >= 15 is 0 Å². The summed E-state index contributed by atoms with van der Waals surface area (Å²) in [5.74, 6) is -0.513. The lowest BCUT2D eigenvalue weighted by Crippen LogP contribution is -2.28. The summed E-state index contributed by atoms with van der Waals surface area (Å²) in [5, 5.41) is 2.20. The van der Waals surface area contributed by atoms with Crippen molar-refractivity contribution in [1.29, 1.82) is 0 Å². The average molecular weight is 262 g/mol. The summed E-state index contributed by atoms with van der Waals surface area (Å²) in [6, 6.07) is 1.67. The molecule has 1 rings (SSSR count).